The second-order valence-corrected chi connectivity index (χ2v) is 5.86. The van der Waals surface area contributed by atoms with Crippen molar-refractivity contribution in [3.63, 3.8) is 0 Å². The van der Waals surface area contributed by atoms with Gasteiger partial charge in [-0.25, -0.2) is 0 Å². The van der Waals surface area contributed by atoms with Gasteiger partial charge in [-0.05, 0) is 47.9 Å². The van der Waals surface area contributed by atoms with E-state index in [0.717, 1.165) is 0 Å². The summed E-state index contributed by atoms with van der Waals surface area (Å²) >= 11 is 0. The molecule has 0 heterocycles. The van der Waals surface area contributed by atoms with Crippen molar-refractivity contribution in [2.24, 2.45) is 0 Å². The van der Waals surface area contributed by atoms with Crippen molar-refractivity contribution in [3.05, 3.63) is 71.8 Å². The van der Waals surface area contributed by atoms with Crippen LogP contribution >= 0.6 is 0 Å². The average Bonchev–Trinajstić information content (AvgIpc) is 2.49. The summed E-state index contributed by atoms with van der Waals surface area (Å²) in [6.07, 6.45) is 8.06. The summed E-state index contributed by atoms with van der Waals surface area (Å²) in [6.45, 7) is 0. The molecular formula is C20H22. The Morgan fingerprint density at radius 1 is 0.800 bits per heavy atom. The van der Waals surface area contributed by atoms with E-state index in [1.807, 2.05) is 6.07 Å². The lowest BCUT2D eigenvalue weighted by molar-refractivity contribution is 0.405. The Labute approximate surface area is 122 Å². The predicted octanol–water partition coefficient (Wildman–Crippen LogP) is 5.51. The van der Waals surface area contributed by atoms with Crippen molar-refractivity contribution in [1.82, 2.24) is 0 Å². The lowest BCUT2D eigenvalue weighted by Crippen LogP contribution is -2.14. The maximum Gasteiger partial charge on any atom is -0.00869 e. The average molecular weight is 262 g/mol. The SMILES string of the molecule is [c]1cccc(C2CCCCCCC2c2[c]cccc2)c1. The molecule has 20 heavy (non-hydrogen) atoms. The van der Waals surface area contributed by atoms with Gasteiger partial charge in [0.15, 0.2) is 0 Å². The fraction of sp³-hybridized carbons (Fsp3) is 0.400. The highest BCUT2D eigenvalue weighted by atomic mass is 14.3. The van der Waals surface area contributed by atoms with Gasteiger partial charge in [0, 0.05) is 0 Å². The molecule has 0 aliphatic heterocycles. The van der Waals surface area contributed by atoms with Gasteiger partial charge in [-0.15, -0.1) is 0 Å². The first-order valence-electron chi connectivity index (χ1n) is 7.88. The smallest absolute Gasteiger partial charge is 0.00869 e. The van der Waals surface area contributed by atoms with Crippen molar-refractivity contribution < 1.29 is 0 Å². The third-order valence-electron chi connectivity index (χ3n) is 4.56. The van der Waals surface area contributed by atoms with Gasteiger partial charge in [0.25, 0.3) is 0 Å². The summed E-state index contributed by atoms with van der Waals surface area (Å²) in [6, 6.07) is 23.8. The molecule has 3 rings (SSSR count). The summed E-state index contributed by atoms with van der Waals surface area (Å²) < 4.78 is 0. The highest BCUT2D eigenvalue weighted by Crippen LogP contribution is 2.41. The van der Waals surface area contributed by atoms with Crippen LogP contribution in [0.1, 0.15) is 61.5 Å². The van der Waals surface area contributed by atoms with Crippen LogP contribution in [0.4, 0.5) is 0 Å². The fourth-order valence-corrected chi connectivity index (χ4v) is 3.53. The lowest BCUT2D eigenvalue weighted by Gasteiger charge is -2.30. The van der Waals surface area contributed by atoms with E-state index in [-0.39, 0.29) is 0 Å². The van der Waals surface area contributed by atoms with E-state index in [1.54, 1.807) is 0 Å². The Morgan fingerprint density at radius 2 is 1.65 bits per heavy atom. The van der Waals surface area contributed by atoms with Crippen LogP contribution in [-0.4, -0.2) is 0 Å². The number of rotatable bonds is 2. The molecule has 102 valence electrons. The van der Waals surface area contributed by atoms with E-state index in [9.17, 15) is 0 Å². The first-order valence-corrected chi connectivity index (χ1v) is 7.88. The fourth-order valence-electron chi connectivity index (χ4n) is 3.53. The van der Waals surface area contributed by atoms with Gasteiger partial charge in [-0.1, -0.05) is 74.2 Å². The quantitative estimate of drug-likeness (QED) is 0.669. The van der Waals surface area contributed by atoms with E-state index >= 15 is 0 Å². The van der Waals surface area contributed by atoms with Crippen LogP contribution in [0.25, 0.3) is 0 Å². The molecule has 1 fully saturated rings. The molecule has 2 aromatic rings. The molecule has 2 atom stereocenters. The van der Waals surface area contributed by atoms with Gasteiger partial charge >= 0.3 is 0 Å². The topological polar surface area (TPSA) is 0 Å². The summed E-state index contributed by atoms with van der Waals surface area (Å²) in [4.78, 5) is 0. The van der Waals surface area contributed by atoms with E-state index < -0.39 is 0 Å². The maximum atomic E-state index is 3.48. The highest BCUT2D eigenvalue weighted by molar-refractivity contribution is 5.27. The molecule has 0 bridgehead atoms. The largest absolute Gasteiger partial charge is 0.0619 e. The molecule has 0 amide bonds. The van der Waals surface area contributed by atoms with Gasteiger partial charge < -0.3 is 0 Å². The number of benzene rings is 2. The molecule has 2 aromatic carbocycles. The molecule has 0 nitrogen and oxygen atoms in total. The van der Waals surface area contributed by atoms with Gasteiger partial charge in [-0.2, -0.15) is 0 Å². The monoisotopic (exact) mass is 262 g/mol. The van der Waals surface area contributed by atoms with Crippen LogP contribution in [0.3, 0.4) is 0 Å². The van der Waals surface area contributed by atoms with E-state index in [2.05, 4.69) is 54.6 Å². The van der Waals surface area contributed by atoms with Crippen molar-refractivity contribution in [1.29, 1.82) is 0 Å². The molecule has 1 aliphatic carbocycles. The third kappa shape index (κ3) is 3.12. The van der Waals surface area contributed by atoms with Gasteiger partial charge in [0.05, 0.1) is 0 Å². The summed E-state index contributed by atoms with van der Waals surface area (Å²) in [5, 5.41) is 0. The normalized spacial score (nSPS) is 23.8. The zero-order valence-corrected chi connectivity index (χ0v) is 12.0. The lowest BCUT2D eigenvalue weighted by atomic mass is 9.74. The van der Waals surface area contributed by atoms with Crippen molar-refractivity contribution in [2.45, 2.75) is 50.4 Å². The second kappa shape index (κ2) is 6.74. The maximum absolute atomic E-state index is 3.48. The first kappa shape index (κ1) is 13.4. The molecule has 2 unspecified atom stereocenters. The first-order chi connectivity index (χ1) is 9.95. The molecule has 1 saturated carbocycles. The summed E-state index contributed by atoms with van der Waals surface area (Å²) in [7, 11) is 0. The Balaban J connectivity index is 1.92. The van der Waals surface area contributed by atoms with Crippen LogP contribution < -0.4 is 0 Å². The van der Waals surface area contributed by atoms with Crippen molar-refractivity contribution >= 4 is 0 Å². The molecule has 2 radical (unpaired) electrons. The van der Waals surface area contributed by atoms with E-state index in [1.165, 1.54) is 49.7 Å². The van der Waals surface area contributed by atoms with Crippen LogP contribution in [0.15, 0.2) is 48.5 Å². The molecule has 0 N–H and O–H groups in total. The van der Waals surface area contributed by atoms with Gasteiger partial charge in [0.1, 0.15) is 0 Å². The Bertz CT molecular complexity index is 451. The minimum atomic E-state index is 0.618. The zero-order valence-electron chi connectivity index (χ0n) is 12.0. The Morgan fingerprint density at radius 3 is 2.35 bits per heavy atom. The van der Waals surface area contributed by atoms with Gasteiger partial charge in [-0.3, -0.25) is 0 Å². The Hall–Kier alpha value is -1.56. The number of hydrogen-bond donors (Lipinski definition) is 0. The van der Waals surface area contributed by atoms with E-state index in [4.69, 9.17) is 0 Å². The summed E-state index contributed by atoms with van der Waals surface area (Å²) in [5.74, 6) is 1.25. The molecule has 1 aliphatic rings. The predicted molar refractivity (Wildman–Crippen MR) is 83.7 cm³/mol. The molecule has 0 aromatic heterocycles. The highest BCUT2D eigenvalue weighted by Gasteiger charge is 2.25. The summed E-state index contributed by atoms with van der Waals surface area (Å²) in [5.41, 5.74) is 2.85. The van der Waals surface area contributed by atoms with Crippen LogP contribution in [0.2, 0.25) is 0 Å². The number of hydrogen-bond acceptors (Lipinski definition) is 0. The minimum absolute atomic E-state index is 0.618. The van der Waals surface area contributed by atoms with Crippen LogP contribution in [0.5, 0.6) is 0 Å². The second-order valence-electron chi connectivity index (χ2n) is 5.86. The van der Waals surface area contributed by atoms with Crippen molar-refractivity contribution in [3.8, 4) is 0 Å². The van der Waals surface area contributed by atoms with Crippen molar-refractivity contribution in [2.75, 3.05) is 0 Å². The third-order valence-corrected chi connectivity index (χ3v) is 4.56. The van der Waals surface area contributed by atoms with Gasteiger partial charge in [0.2, 0.25) is 0 Å². The molecule has 0 heteroatoms. The zero-order chi connectivity index (χ0) is 13.6. The van der Waals surface area contributed by atoms with Crippen LogP contribution in [0, 0.1) is 12.1 Å². The van der Waals surface area contributed by atoms with E-state index in [0.29, 0.717) is 11.8 Å². The molecule has 0 saturated heterocycles. The Kier molecular flexibility index (Phi) is 4.53. The van der Waals surface area contributed by atoms with Crippen LogP contribution in [-0.2, 0) is 0 Å². The minimum Gasteiger partial charge on any atom is -0.0619 e. The molecule has 0 spiro atoms. The standard InChI is InChI=1S/C20H22/c1-2-10-16-20(18-13-7-4-8-14-18)19(15-9-1)17-11-5-3-6-12-17/h3-7,11,13-14,19-20H,1-2,9-10,15-16H2. The molecular weight excluding hydrogens is 240 g/mol.